The number of aliphatic hydroxyl groups is 1. The summed E-state index contributed by atoms with van der Waals surface area (Å²) in [5.74, 6) is 3.69. The van der Waals surface area contributed by atoms with Crippen LogP contribution < -0.4 is 5.19 Å². The lowest BCUT2D eigenvalue weighted by atomic mass is 10.2. The van der Waals surface area contributed by atoms with Gasteiger partial charge in [0.15, 0.2) is 8.07 Å². The summed E-state index contributed by atoms with van der Waals surface area (Å²) in [5.41, 5.74) is 3.36. The number of hydrogen-bond donors (Lipinski definition) is 1. The lowest BCUT2D eigenvalue weighted by molar-refractivity contribution is 0.155. The first-order chi connectivity index (χ1) is 9.09. The van der Waals surface area contributed by atoms with Crippen LogP contribution in [-0.2, 0) is 0 Å². The highest BCUT2D eigenvalue weighted by molar-refractivity contribution is 6.96. The lowest BCUT2D eigenvalue weighted by Crippen LogP contribution is -2.39. The number of rotatable bonds is 3. The van der Waals surface area contributed by atoms with Gasteiger partial charge in [-0.3, -0.25) is 0 Å². The first-order valence-corrected chi connectivity index (χ1v) is 9.36. The Morgan fingerprint density at radius 3 is 2.53 bits per heavy atom. The summed E-state index contributed by atoms with van der Waals surface area (Å²) in [7, 11) is -1.73. The molecule has 3 heteroatoms. The van der Waals surface area contributed by atoms with Crippen LogP contribution in [0.3, 0.4) is 0 Å². The number of hydrogen-bond acceptors (Lipinski definition) is 2. The second-order valence-corrected chi connectivity index (χ2v) is 9.11. The third-order valence-corrected chi connectivity index (χ3v) is 5.64. The zero-order valence-corrected chi connectivity index (χ0v) is 12.3. The van der Waals surface area contributed by atoms with Crippen LogP contribution in [0.4, 0.5) is 0 Å². The van der Waals surface area contributed by atoms with Crippen LogP contribution >= 0.6 is 0 Å². The number of aliphatic hydroxyl groups excluding tert-OH is 1. The van der Waals surface area contributed by atoms with E-state index in [2.05, 4.69) is 36.7 Å². The average Bonchev–Trinajstić information content (AvgIpc) is 2.93. The Balaban J connectivity index is 2.03. The SMILES string of the molecule is C[Si](C)(C#CC[C@@H](O)c1ccco1)c1ccccc1. The van der Waals surface area contributed by atoms with Crippen molar-refractivity contribution in [3.63, 3.8) is 0 Å². The summed E-state index contributed by atoms with van der Waals surface area (Å²) < 4.78 is 5.16. The molecule has 98 valence electrons. The van der Waals surface area contributed by atoms with E-state index in [0.717, 1.165) is 0 Å². The van der Waals surface area contributed by atoms with E-state index in [1.807, 2.05) is 18.2 Å². The van der Waals surface area contributed by atoms with Gasteiger partial charge in [0.25, 0.3) is 0 Å². The Kier molecular flexibility index (Phi) is 4.26. The molecule has 0 saturated heterocycles. The fraction of sp³-hybridized carbons (Fsp3) is 0.250. The maximum Gasteiger partial charge on any atom is 0.162 e. The van der Waals surface area contributed by atoms with Gasteiger partial charge in [-0.15, -0.1) is 11.5 Å². The van der Waals surface area contributed by atoms with Gasteiger partial charge >= 0.3 is 0 Å². The summed E-state index contributed by atoms with van der Waals surface area (Å²) >= 11 is 0. The zero-order chi connectivity index (χ0) is 13.7. The van der Waals surface area contributed by atoms with Crippen molar-refractivity contribution in [3.8, 4) is 11.5 Å². The van der Waals surface area contributed by atoms with Gasteiger partial charge in [0.2, 0.25) is 0 Å². The van der Waals surface area contributed by atoms with Crippen LogP contribution in [0.1, 0.15) is 18.3 Å². The van der Waals surface area contributed by atoms with Gasteiger partial charge in [0.1, 0.15) is 11.9 Å². The Bertz CT molecular complexity index is 562. The highest BCUT2D eigenvalue weighted by Crippen LogP contribution is 2.15. The van der Waals surface area contributed by atoms with Gasteiger partial charge in [-0.2, -0.15) is 0 Å². The van der Waals surface area contributed by atoms with Gasteiger partial charge in [0.05, 0.1) is 6.26 Å². The van der Waals surface area contributed by atoms with Gasteiger partial charge in [-0.05, 0) is 17.3 Å². The molecule has 0 spiro atoms. The smallest absolute Gasteiger partial charge is 0.162 e. The van der Waals surface area contributed by atoms with E-state index in [0.29, 0.717) is 12.2 Å². The van der Waals surface area contributed by atoms with Gasteiger partial charge in [0, 0.05) is 6.42 Å². The molecule has 0 amide bonds. The molecule has 2 aromatic rings. The quantitative estimate of drug-likeness (QED) is 0.687. The van der Waals surface area contributed by atoms with Gasteiger partial charge in [-0.25, -0.2) is 0 Å². The molecule has 0 aliphatic rings. The minimum absolute atomic E-state index is 0.413. The Morgan fingerprint density at radius 2 is 1.89 bits per heavy atom. The molecule has 1 N–H and O–H groups in total. The third kappa shape index (κ3) is 3.60. The largest absolute Gasteiger partial charge is 0.467 e. The summed E-state index contributed by atoms with van der Waals surface area (Å²) in [6.45, 7) is 4.43. The van der Waals surface area contributed by atoms with Crippen molar-refractivity contribution in [2.75, 3.05) is 0 Å². The molecule has 0 aliphatic heterocycles. The normalized spacial score (nSPS) is 12.6. The topological polar surface area (TPSA) is 33.4 Å². The standard InChI is InChI=1S/C16H18O2Si/c1-19(2,14-8-4-3-5-9-14)13-7-10-15(17)16-11-6-12-18-16/h3-6,8-9,11-12,15,17H,10H2,1-2H3/t15-/m1/s1. The van der Waals surface area contributed by atoms with Crippen molar-refractivity contribution in [2.45, 2.75) is 25.6 Å². The average molecular weight is 270 g/mol. The minimum atomic E-state index is -1.73. The van der Waals surface area contributed by atoms with Gasteiger partial charge in [-0.1, -0.05) is 43.4 Å². The number of benzene rings is 1. The van der Waals surface area contributed by atoms with E-state index in [-0.39, 0.29) is 0 Å². The monoisotopic (exact) mass is 270 g/mol. The fourth-order valence-corrected chi connectivity index (χ4v) is 3.59. The third-order valence-electron chi connectivity index (χ3n) is 3.06. The molecule has 0 radical (unpaired) electrons. The molecule has 0 bridgehead atoms. The molecule has 0 fully saturated rings. The Hall–Kier alpha value is -1.76. The Morgan fingerprint density at radius 1 is 1.16 bits per heavy atom. The molecular weight excluding hydrogens is 252 g/mol. The van der Waals surface area contributed by atoms with Crippen molar-refractivity contribution >= 4 is 13.3 Å². The number of furan rings is 1. The predicted octanol–water partition coefficient (Wildman–Crippen LogP) is 2.86. The maximum atomic E-state index is 9.90. The zero-order valence-electron chi connectivity index (χ0n) is 11.3. The molecule has 0 unspecified atom stereocenters. The fourth-order valence-electron chi connectivity index (χ4n) is 1.88. The maximum absolute atomic E-state index is 9.90. The van der Waals surface area contributed by atoms with E-state index < -0.39 is 14.2 Å². The first kappa shape index (κ1) is 13.7. The van der Waals surface area contributed by atoms with Crippen molar-refractivity contribution in [2.24, 2.45) is 0 Å². The summed E-state index contributed by atoms with van der Waals surface area (Å²) in [4.78, 5) is 0. The summed E-state index contributed by atoms with van der Waals surface area (Å²) in [6, 6.07) is 13.9. The van der Waals surface area contributed by atoms with E-state index in [1.54, 1.807) is 18.4 Å². The van der Waals surface area contributed by atoms with E-state index >= 15 is 0 Å². The van der Waals surface area contributed by atoms with Gasteiger partial charge < -0.3 is 9.52 Å². The molecule has 0 aliphatic carbocycles. The van der Waals surface area contributed by atoms with Crippen LogP contribution in [0.5, 0.6) is 0 Å². The van der Waals surface area contributed by atoms with Crippen LogP contribution in [0.25, 0.3) is 0 Å². The second kappa shape index (κ2) is 5.92. The molecule has 1 heterocycles. The molecule has 19 heavy (non-hydrogen) atoms. The molecule has 0 saturated carbocycles. The van der Waals surface area contributed by atoms with Crippen LogP contribution in [0.15, 0.2) is 53.1 Å². The van der Waals surface area contributed by atoms with Crippen LogP contribution in [0, 0.1) is 11.5 Å². The van der Waals surface area contributed by atoms with E-state index in [9.17, 15) is 5.11 Å². The van der Waals surface area contributed by atoms with Crippen molar-refractivity contribution in [3.05, 3.63) is 54.5 Å². The highest BCUT2D eigenvalue weighted by Gasteiger charge is 2.20. The van der Waals surface area contributed by atoms with Crippen molar-refractivity contribution in [1.82, 2.24) is 0 Å². The summed E-state index contributed by atoms with van der Waals surface area (Å²) in [5, 5.41) is 11.2. The molecule has 1 atom stereocenters. The van der Waals surface area contributed by atoms with E-state index in [4.69, 9.17) is 4.42 Å². The van der Waals surface area contributed by atoms with Crippen molar-refractivity contribution < 1.29 is 9.52 Å². The molecular formula is C16H18O2Si. The van der Waals surface area contributed by atoms with Crippen molar-refractivity contribution in [1.29, 1.82) is 0 Å². The Labute approximate surface area is 115 Å². The molecule has 2 nitrogen and oxygen atoms in total. The van der Waals surface area contributed by atoms with E-state index in [1.165, 1.54) is 5.19 Å². The molecule has 2 rings (SSSR count). The van der Waals surface area contributed by atoms with Crippen LogP contribution in [0.2, 0.25) is 13.1 Å². The lowest BCUT2D eigenvalue weighted by Gasteiger charge is -2.15. The highest BCUT2D eigenvalue weighted by atomic mass is 28.3. The predicted molar refractivity (Wildman–Crippen MR) is 79.6 cm³/mol. The first-order valence-electron chi connectivity index (χ1n) is 6.36. The summed E-state index contributed by atoms with van der Waals surface area (Å²) in [6.07, 6.45) is 1.34. The minimum Gasteiger partial charge on any atom is -0.467 e. The van der Waals surface area contributed by atoms with Crippen LogP contribution in [-0.4, -0.2) is 13.2 Å². The molecule has 1 aromatic heterocycles. The molecule has 1 aromatic carbocycles. The second-order valence-electron chi connectivity index (χ2n) is 5.03.